The number of amides is 1. The Balaban J connectivity index is 1.76. The number of carbonyl (C=O) groups excluding carboxylic acids is 1. The lowest BCUT2D eigenvalue weighted by Crippen LogP contribution is -2.33. The van der Waals surface area contributed by atoms with Crippen LogP contribution in [0.1, 0.15) is 47.3 Å². The van der Waals surface area contributed by atoms with Gasteiger partial charge in [-0.2, -0.15) is 5.10 Å². The van der Waals surface area contributed by atoms with Gasteiger partial charge in [0.15, 0.2) is 11.4 Å². The molecular weight excluding hydrogens is 390 g/mol. The molecule has 0 aliphatic heterocycles. The van der Waals surface area contributed by atoms with Crippen LogP contribution in [0.3, 0.4) is 0 Å². The Hall–Kier alpha value is -3.41. The van der Waals surface area contributed by atoms with E-state index in [1.54, 1.807) is 4.68 Å². The van der Waals surface area contributed by atoms with E-state index in [-0.39, 0.29) is 11.1 Å². The molecule has 3 aromatic rings. The fourth-order valence-corrected chi connectivity index (χ4v) is 4.69. The van der Waals surface area contributed by atoms with Gasteiger partial charge in [0, 0.05) is 12.5 Å². The molecule has 0 spiro atoms. The van der Waals surface area contributed by atoms with Crippen LogP contribution in [0, 0.1) is 6.92 Å². The Bertz CT molecular complexity index is 1180. The zero-order valence-electron chi connectivity index (χ0n) is 17.9. The minimum absolute atomic E-state index is 0.173. The summed E-state index contributed by atoms with van der Waals surface area (Å²) in [5.74, 6) is -1.06. The van der Waals surface area contributed by atoms with Crippen LogP contribution in [0.15, 0.2) is 59.5 Å². The van der Waals surface area contributed by atoms with Gasteiger partial charge in [0.1, 0.15) is 0 Å². The number of carbonyl (C=O) groups is 1. The molecule has 1 fully saturated rings. The van der Waals surface area contributed by atoms with E-state index in [1.807, 2.05) is 12.1 Å². The van der Waals surface area contributed by atoms with E-state index in [2.05, 4.69) is 53.7 Å². The van der Waals surface area contributed by atoms with Crippen LogP contribution >= 0.6 is 0 Å². The second-order valence-corrected chi connectivity index (χ2v) is 8.35. The summed E-state index contributed by atoms with van der Waals surface area (Å²) in [5.41, 5.74) is 3.60. The Kier molecular flexibility index (Phi) is 5.63. The lowest BCUT2D eigenvalue weighted by atomic mass is 9.77. The standard InChI is InChI=1S/C25H27N3O3/c1-17-8-3-4-11-20(17)18-9-7-10-19(14-18)25(12-5-6-13-25)16-28-15-21(29)23(30)22(27-28)24(31)26-2/h3-4,7-11,14-15,29H,5-6,12-13,16H2,1-2H3,(H,26,31). The summed E-state index contributed by atoms with van der Waals surface area (Å²) in [6.45, 7) is 2.60. The van der Waals surface area contributed by atoms with Crippen LogP contribution in [0.2, 0.25) is 0 Å². The minimum Gasteiger partial charge on any atom is -0.503 e. The quantitative estimate of drug-likeness (QED) is 0.661. The summed E-state index contributed by atoms with van der Waals surface area (Å²) in [7, 11) is 1.44. The molecular formula is C25H27N3O3. The predicted octanol–water partition coefficient (Wildman–Crippen LogP) is 3.80. The van der Waals surface area contributed by atoms with Crippen LogP contribution in [0.4, 0.5) is 0 Å². The van der Waals surface area contributed by atoms with Crippen LogP contribution < -0.4 is 10.7 Å². The van der Waals surface area contributed by atoms with Gasteiger partial charge in [0.2, 0.25) is 0 Å². The smallest absolute Gasteiger partial charge is 0.275 e. The van der Waals surface area contributed by atoms with Gasteiger partial charge in [0.25, 0.3) is 11.3 Å². The highest BCUT2D eigenvalue weighted by Gasteiger charge is 2.37. The molecule has 1 saturated carbocycles. The van der Waals surface area contributed by atoms with Gasteiger partial charge in [-0.3, -0.25) is 14.3 Å². The number of nitrogens with zero attached hydrogens (tertiary/aromatic N) is 2. The Morgan fingerprint density at radius 2 is 1.90 bits per heavy atom. The molecule has 0 unspecified atom stereocenters. The molecule has 1 heterocycles. The van der Waals surface area contributed by atoms with Crippen LogP contribution in [-0.2, 0) is 12.0 Å². The average Bonchev–Trinajstić information content (AvgIpc) is 3.25. The molecule has 160 valence electrons. The number of hydrogen-bond donors (Lipinski definition) is 2. The molecule has 4 rings (SSSR count). The number of nitrogens with one attached hydrogen (secondary N) is 1. The number of aryl methyl sites for hydroxylation is 1. The lowest BCUT2D eigenvalue weighted by Gasteiger charge is -2.31. The second-order valence-electron chi connectivity index (χ2n) is 8.35. The van der Waals surface area contributed by atoms with Crippen LogP contribution in [0.5, 0.6) is 5.75 Å². The summed E-state index contributed by atoms with van der Waals surface area (Å²) in [5, 5.41) is 16.8. The summed E-state index contributed by atoms with van der Waals surface area (Å²) in [6.07, 6.45) is 5.49. The Morgan fingerprint density at radius 1 is 1.16 bits per heavy atom. The predicted molar refractivity (Wildman–Crippen MR) is 120 cm³/mol. The summed E-state index contributed by atoms with van der Waals surface area (Å²) >= 11 is 0. The Labute approximate surface area is 181 Å². The van der Waals surface area contributed by atoms with Gasteiger partial charge in [-0.05, 0) is 42.0 Å². The van der Waals surface area contributed by atoms with Crippen molar-refractivity contribution in [2.75, 3.05) is 7.05 Å². The van der Waals surface area contributed by atoms with Gasteiger partial charge in [-0.15, -0.1) is 0 Å². The first-order chi connectivity index (χ1) is 14.9. The number of rotatable bonds is 5. The van der Waals surface area contributed by atoms with Crippen molar-refractivity contribution >= 4 is 5.91 Å². The SMILES string of the molecule is CNC(=O)c1nn(CC2(c3cccc(-c4ccccc4C)c3)CCCC2)cc(O)c1=O. The topological polar surface area (TPSA) is 84.2 Å². The molecule has 0 radical (unpaired) electrons. The molecule has 1 amide bonds. The number of benzene rings is 2. The molecule has 0 bridgehead atoms. The summed E-state index contributed by atoms with van der Waals surface area (Å²) in [6, 6.07) is 16.9. The van der Waals surface area contributed by atoms with Crippen LogP contribution in [0.25, 0.3) is 11.1 Å². The zero-order chi connectivity index (χ0) is 22.0. The van der Waals surface area contributed by atoms with E-state index in [0.717, 1.165) is 25.7 Å². The summed E-state index contributed by atoms with van der Waals surface area (Å²) < 4.78 is 1.55. The first-order valence-electron chi connectivity index (χ1n) is 10.6. The molecule has 1 aromatic heterocycles. The monoisotopic (exact) mass is 417 g/mol. The van der Waals surface area contributed by atoms with Crippen molar-refractivity contribution in [3.8, 4) is 16.9 Å². The van der Waals surface area contributed by atoms with Crippen molar-refractivity contribution in [3.05, 3.63) is 81.8 Å². The molecule has 0 saturated heterocycles. The first-order valence-corrected chi connectivity index (χ1v) is 10.6. The van der Waals surface area contributed by atoms with E-state index in [1.165, 1.54) is 35.5 Å². The highest BCUT2D eigenvalue weighted by atomic mass is 16.3. The van der Waals surface area contributed by atoms with E-state index >= 15 is 0 Å². The normalized spacial score (nSPS) is 15.0. The maximum Gasteiger partial charge on any atom is 0.275 e. The minimum atomic E-state index is -0.752. The van der Waals surface area contributed by atoms with Gasteiger partial charge < -0.3 is 10.4 Å². The fourth-order valence-electron chi connectivity index (χ4n) is 4.69. The van der Waals surface area contributed by atoms with Gasteiger partial charge in [0.05, 0.1) is 12.7 Å². The van der Waals surface area contributed by atoms with Crippen LogP contribution in [-0.4, -0.2) is 27.8 Å². The zero-order valence-corrected chi connectivity index (χ0v) is 17.9. The van der Waals surface area contributed by atoms with Crippen molar-refractivity contribution in [1.82, 2.24) is 15.1 Å². The molecule has 2 N–H and O–H groups in total. The summed E-state index contributed by atoms with van der Waals surface area (Å²) in [4.78, 5) is 24.2. The van der Waals surface area contributed by atoms with E-state index < -0.39 is 17.1 Å². The third-order valence-electron chi connectivity index (χ3n) is 6.35. The maximum atomic E-state index is 12.2. The van der Waals surface area contributed by atoms with E-state index in [9.17, 15) is 14.7 Å². The number of aromatic nitrogens is 2. The molecule has 6 nitrogen and oxygen atoms in total. The first kappa shape index (κ1) is 20.8. The highest BCUT2D eigenvalue weighted by molar-refractivity contribution is 5.92. The van der Waals surface area contributed by atoms with E-state index in [4.69, 9.17) is 0 Å². The Morgan fingerprint density at radius 3 is 2.61 bits per heavy atom. The van der Waals surface area contributed by atoms with E-state index in [0.29, 0.717) is 6.54 Å². The van der Waals surface area contributed by atoms with Crippen molar-refractivity contribution in [1.29, 1.82) is 0 Å². The van der Waals surface area contributed by atoms with Crippen molar-refractivity contribution in [2.24, 2.45) is 0 Å². The number of hydrogen-bond acceptors (Lipinski definition) is 4. The maximum absolute atomic E-state index is 12.2. The van der Waals surface area contributed by atoms with Crippen molar-refractivity contribution < 1.29 is 9.90 Å². The molecule has 1 aliphatic carbocycles. The highest BCUT2D eigenvalue weighted by Crippen LogP contribution is 2.43. The van der Waals surface area contributed by atoms with Gasteiger partial charge in [-0.1, -0.05) is 61.4 Å². The third kappa shape index (κ3) is 3.98. The molecule has 2 aromatic carbocycles. The molecule has 1 aliphatic rings. The average molecular weight is 418 g/mol. The largest absolute Gasteiger partial charge is 0.503 e. The third-order valence-corrected chi connectivity index (χ3v) is 6.35. The molecule has 31 heavy (non-hydrogen) atoms. The lowest BCUT2D eigenvalue weighted by molar-refractivity contribution is 0.0953. The molecule has 0 atom stereocenters. The second kappa shape index (κ2) is 8.38. The van der Waals surface area contributed by atoms with Gasteiger partial charge in [-0.25, -0.2) is 0 Å². The fraction of sp³-hybridized carbons (Fsp3) is 0.320. The number of aromatic hydroxyl groups is 1. The van der Waals surface area contributed by atoms with Gasteiger partial charge >= 0.3 is 0 Å². The molecule has 6 heteroatoms. The van der Waals surface area contributed by atoms with Crippen molar-refractivity contribution in [2.45, 2.75) is 44.6 Å². The van der Waals surface area contributed by atoms with Crippen molar-refractivity contribution in [3.63, 3.8) is 0 Å².